The minimum atomic E-state index is -0.465. The van der Waals surface area contributed by atoms with Crippen LogP contribution in [0.25, 0.3) is 0 Å². The van der Waals surface area contributed by atoms with Crippen LogP contribution in [-0.2, 0) is 75.8 Å². The Balaban J connectivity index is 1.50. The van der Waals surface area contributed by atoms with Gasteiger partial charge in [-0.25, -0.2) is 4.79 Å². The minimum Gasteiger partial charge on any atom is -0.460 e. The molecule has 0 aromatic carbocycles. The van der Waals surface area contributed by atoms with Crippen LogP contribution in [0.3, 0.4) is 0 Å². The third-order valence-corrected chi connectivity index (χ3v) is 9.31. The average molecular weight is 921 g/mol. The van der Waals surface area contributed by atoms with E-state index >= 15 is 0 Å². The molecule has 2 atom stereocenters. The van der Waals surface area contributed by atoms with Gasteiger partial charge in [0.2, 0.25) is 0 Å². The van der Waals surface area contributed by atoms with Crippen LogP contribution in [0.4, 0.5) is 0 Å². The third kappa shape index (κ3) is 31.1. The SMILES string of the molecule is C=CC(=O)OCCOCCOCCOCCOCCOCCN1C=CN(CCOCCOCCOCCOCCN2C=CN(C=C)C2C)C1COCCOCCOCCOCCOC. The average Bonchev–Trinajstić information content (AvgIpc) is 3.87. The fourth-order valence-corrected chi connectivity index (χ4v) is 5.76. The Bertz CT molecular complexity index is 1160. The first-order valence-electron chi connectivity index (χ1n) is 22.4. The quantitative estimate of drug-likeness (QED) is 0.0490. The number of nitrogens with zero attached hydrogens (tertiary/aromatic N) is 4. The first-order chi connectivity index (χ1) is 31.6. The van der Waals surface area contributed by atoms with Crippen molar-refractivity contribution in [2.75, 3.05) is 212 Å². The molecule has 64 heavy (non-hydrogen) atoms. The van der Waals surface area contributed by atoms with Crippen molar-refractivity contribution in [3.8, 4) is 0 Å². The molecule has 0 N–H and O–H groups in total. The Labute approximate surface area is 382 Å². The summed E-state index contributed by atoms with van der Waals surface area (Å²) in [6.45, 7) is 25.0. The zero-order valence-corrected chi connectivity index (χ0v) is 38.8. The number of hydrogen-bond donors (Lipinski definition) is 0. The van der Waals surface area contributed by atoms with Crippen molar-refractivity contribution in [3.05, 3.63) is 50.2 Å². The highest BCUT2D eigenvalue weighted by Crippen LogP contribution is 2.16. The second-order valence-corrected chi connectivity index (χ2v) is 13.8. The molecule has 2 aliphatic heterocycles. The Hall–Kier alpha value is -2.93. The van der Waals surface area contributed by atoms with Gasteiger partial charge in [-0.05, 0) is 13.1 Å². The number of esters is 1. The summed E-state index contributed by atoms with van der Waals surface area (Å²) in [6.07, 6.45) is 11.4. The number of methoxy groups -OCH3 is 1. The van der Waals surface area contributed by atoms with Gasteiger partial charge < -0.3 is 90.7 Å². The highest BCUT2D eigenvalue weighted by atomic mass is 16.6. The molecule has 20 nitrogen and oxygen atoms in total. The zero-order valence-electron chi connectivity index (χ0n) is 38.8. The molecule has 0 saturated carbocycles. The Morgan fingerprint density at radius 1 is 0.438 bits per heavy atom. The minimum absolute atomic E-state index is 0.00639. The molecule has 372 valence electrons. The van der Waals surface area contributed by atoms with Gasteiger partial charge in [-0.3, -0.25) is 0 Å². The number of carbonyl (C=O) groups is 1. The fraction of sp³-hybridized carbons (Fsp3) is 0.795. The van der Waals surface area contributed by atoms with Gasteiger partial charge in [-0.2, -0.15) is 0 Å². The summed E-state index contributed by atoms with van der Waals surface area (Å²) in [7, 11) is 1.65. The van der Waals surface area contributed by atoms with Crippen molar-refractivity contribution in [3.63, 3.8) is 0 Å². The van der Waals surface area contributed by atoms with E-state index in [4.69, 9.17) is 71.1 Å². The summed E-state index contributed by atoms with van der Waals surface area (Å²) in [5.41, 5.74) is 0. The molecule has 0 radical (unpaired) electrons. The summed E-state index contributed by atoms with van der Waals surface area (Å²) < 4.78 is 83.2. The van der Waals surface area contributed by atoms with E-state index in [1.165, 1.54) is 0 Å². The van der Waals surface area contributed by atoms with Crippen molar-refractivity contribution < 1.29 is 75.8 Å². The summed E-state index contributed by atoms with van der Waals surface area (Å²) >= 11 is 0. The lowest BCUT2D eigenvalue weighted by molar-refractivity contribution is -0.139. The summed E-state index contributed by atoms with van der Waals surface area (Å²) in [6, 6.07) is 0. The number of carbonyl (C=O) groups excluding carboxylic acids is 1. The summed E-state index contributed by atoms with van der Waals surface area (Å²) in [5.74, 6) is -0.465. The maximum absolute atomic E-state index is 11.0. The van der Waals surface area contributed by atoms with Crippen molar-refractivity contribution in [2.24, 2.45) is 0 Å². The second kappa shape index (κ2) is 42.7. The van der Waals surface area contributed by atoms with E-state index in [0.717, 1.165) is 12.6 Å². The van der Waals surface area contributed by atoms with Crippen LogP contribution in [-0.4, -0.2) is 250 Å². The summed E-state index contributed by atoms with van der Waals surface area (Å²) in [5, 5.41) is 0. The van der Waals surface area contributed by atoms with E-state index in [9.17, 15) is 4.79 Å². The Morgan fingerprint density at radius 3 is 1.09 bits per heavy atom. The highest BCUT2D eigenvalue weighted by molar-refractivity contribution is 5.81. The number of rotatable bonds is 49. The molecule has 0 bridgehead atoms. The van der Waals surface area contributed by atoms with Gasteiger partial charge in [0.15, 0.2) is 0 Å². The molecule has 2 aliphatic rings. The predicted molar refractivity (Wildman–Crippen MR) is 237 cm³/mol. The van der Waals surface area contributed by atoms with Gasteiger partial charge in [0, 0.05) is 57.6 Å². The molecule has 0 aromatic heterocycles. The van der Waals surface area contributed by atoms with Crippen molar-refractivity contribution in [2.45, 2.75) is 19.3 Å². The molecule has 0 amide bonds. The summed E-state index contributed by atoms with van der Waals surface area (Å²) in [4.78, 5) is 19.6. The van der Waals surface area contributed by atoms with E-state index in [2.05, 4.69) is 58.3 Å². The molecular formula is C44H80N4O16. The third-order valence-electron chi connectivity index (χ3n) is 9.31. The standard InChI is InChI=1S/C44H80N4O16/c1-5-44(49)64-40-39-62-36-35-60-32-31-59-30-29-57-24-21-53-16-13-48-10-9-47(43(48)41-63-38-37-61-34-33-58-26-25-54-18-17-50-4)12-15-52-20-23-56-28-27-55-22-19-51-14-11-46-8-7-45(6-2)42(46)3/h5-10,42-43H,1-2,11-41H2,3-4H3. The van der Waals surface area contributed by atoms with Gasteiger partial charge in [0.05, 0.1) is 178 Å². The van der Waals surface area contributed by atoms with Gasteiger partial charge in [-0.1, -0.05) is 13.2 Å². The van der Waals surface area contributed by atoms with Crippen LogP contribution in [0.2, 0.25) is 0 Å². The molecule has 0 spiro atoms. The molecule has 2 unspecified atom stereocenters. The van der Waals surface area contributed by atoms with Crippen LogP contribution in [0.1, 0.15) is 6.92 Å². The molecule has 0 fully saturated rings. The lowest BCUT2D eigenvalue weighted by Crippen LogP contribution is -2.44. The van der Waals surface area contributed by atoms with Gasteiger partial charge >= 0.3 is 5.97 Å². The molecular weight excluding hydrogens is 840 g/mol. The number of hydrogen-bond acceptors (Lipinski definition) is 20. The van der Waals surface area contributed by atoms with Crippen LogP contribution < -0.4 is 0 Å². The molecule has 0 aromatic rings. The topological polar surface area (TPSA) is 168 Å². The molecule has 20 heteroatoms. The maximum atomic E-state index is 11.0. The molecule has 0 aliphatic carbocycles. The van der Waals surface area contributed by atoms with Gasteiger partial charge in [0.1, 0.15) is 18.9 Å². The van der Waals surface area contributed by atoms with E-state index in [0.29, 0.717) is 191 Å². The molecule has 0 saturated heterocycles. The molecule has 2 heterocycles. The van der Waals surface area contributed by atoms with Crippen LogP contribution in [0.5, 0.6) is 0 Å². The van der Waals surface area contributed by atoms with E-state index in [1.54, 1.807) is 7.11 Å². The van der Waals surface area contributed by atoms with E-state index in [1.807, 2.05) is 12.4 Å². The molecule has 2 rings (SSSR count). The lowest BCUT2D eigenvalue weighted by Gasteiger charge is -2.32. The maximum Gasteiger partial charge on any atom is 0.330 e. The van der Waals surface area contributed by atoms with Crippen LogP contribution in [0, 0.1) is 0 Å². The van der Waals surface area contributed by atoms with Gasteiger partial charge in [0.25, 0.3) is 0 Å². The first kappa shape index (κ1) is 57.2. The number of ether oxygens (including phenoxy) is 15. The zero-order chi connectivity index (χ0) is 45.8. The van der Waals surface area contributed by atoms with Gasteiger partial charge in [-0.15, -0.1) is 0 Å². The van der Waals surface area contributed by atoms with Crippen molar-refractivity contribution in [1.82, 2.24) is 19.6 Å². The largest absolute Gasteiger partial charge is 0.460 e. The van der Waals surface area contributed by atoms with E-state index < -0.39 is 5.97 Å². The highest BCUT2D eigenvalue weighted by Gasteiger charge is 2.26. The predicted octanol–water partition coefficient (Wildman–Crippen LogP) is 1.57. The Kier molecular flexibility index (Phi) is 38.2. The second-order valence-electron chi connectivity index (χ2n) is 13.8. The van der Waals surface area contributed by atoms with Crippen molar-refractivity contribution in [1.29, 1.82) is 0 Å². The van der Waals surface area contributed by atoms with Crippen molar-refractivity contribution >= 4 is 5.97 Å². The Morgan fingerprint density at radius 2 is 0.750 bits per heavy atom. The van der Waals surface area contributed by atoms with Crippen LogP contribution in [0.15, 0.2) is 50.2 Å². The normalized spacial score (nSPS) is 15.9. The monoisotopic (exact) mass is 921 g/mol. The van der Waals surface area contributed by atoms with Crippen LogP contribution >= 0.6 is 0 Å². The van der Waals surface area contributed by atoms with E-state index in [-0.39, 0.29) is 18.9 Å². The first-order valence-corrected chi connectivity index (χ1v) is 22.4. The lowest BCUT2D eigenvalue weighted by atomic mass is 10.4. The smallest absolute Gasteiger partial charge is 0.330 e. The fourth-order valence-electron chi connectivity index (χ4n) is 5.76.